The van der Waals surface area contributed by atoms with Gasteiger partial charge < -0.3 is 15.2 Å². The molecule has 0 bridgehead atoms. The van der Waals surface area contributed by atoms with Crippen molar-refractivity contribution in [3.8, 4) is 5.75 Å². The lowest BCUT2D eigenvalue weighted by Crippen LogP contribution is -2.37. The molecule has 2 aliphatic rings. The zero-order chi connectivity index (χ0) is 22.1. The van der Waals surface area contributed by atoms with E-state index < -0.39 is 18.6 Å². The van der Waals surface area contributed by atoms with Crippen molar-refractivity contribution in [2.75, 3.05) is 14.2 Å². The summed E-state index contributed by atoms with van der Waals surface area (Å²) in [4.78, 5) is 16.7. The minimum absolute atomic E-state index is 0.0136. The second-order valence-corrected chi connectivity index (χ2v) is 7.91. The summed E-state index contributed by atoms with van der Waals surface area (Å²) in [5, 5.41) is 0. The zero-order valence-electron chi connectivity index (χ0n) is 16.8. The number of ether oxygens (including phenoxy) is 2. The molecule has 0 aliphatic heterocycles. The molecule has 6 nitrogen and oxygen atoms in total. The van der Waals surface area contributed by atoms with Crippen LogP contribution in [0.1, 0.15) is 42.9 Å². The number of alkyl halides is 4. The van der Waals surface area contributed by atoms with Crippen LogP contribution >= 0.6 is 0 Å². The minimum Gasteiger partial charge on any atom is -0.428 e. The molecule has 0 saturated heterocycles. The Morgan fingerprint density at radius 3 is 2.60 bits per heavy atom. The van der Waals surface area contributed by atoms with Crippen LogP contribution in [0.15, 0.2) is 23.2 Å². The van der Waals surface area contributed by atoms with Crippen molar-refractivity contribution in [2.45, 2.75) is 56.8 Å². The predicted molar refractivity (Wildman–Crippen MR) is 102 cm³/mol. The van der Waals surface area contributed by atoms with E-state index in [4.69, 9.17) is 10.5 Å². The Morgan fingerprint density at radius 2 is 2.03 bits per heavy atom. The Morgan fingerprint density at radius 1 is 1.37 bits per heavy atom. The van der Waals surface area contributed by atoms with Crippen LogP contribution in [-0.4, -0.2) is 50.1 Å². The number of guanidine groups is 1. The Balaban J connectivity index is 1.98. The third-order valence-electron chi connectivity index (χ3n) is 6.09. The summed E-state index contributed by atoms with van der Waals surface area (Å²) >= 11 is 0. The van der Waals surface area contributed by atoms with Gasteiger partial charge in [-0.3, -0.25) is 9.69 Å². The average molecular weight is 431 g/mol. The first-order valence-corrected chi connectivity index (χ1v) is 9.64. The molecule has 1 spiro atoms. The number of halogens is 4. The highest BCUT2D eigenvalue weighted by molar-refractivity contribution is 5.87. The molecule has 1 fully saturated rings. The van der Waals surface area contributed by atoms with Gasteiger partial charge in [-0.15, -0.1) is 0 Å². The van der Waals surface area contributed by atoms with Gasteiger partial charge in [-0.25, -0.2) is 4.99 Å². The Bertz CT molecular complexity index is 810. The standard InChI is InChI=1S/C20H25F4N3O3/c1-27(11-28)18(25)26-16-15-9-14(30-20(23,24)17(21)22)4-3-12(15)10-19(16)7-5-13(29-2)6-8-19/h3-4,9,11,13,16-17H,5-8,10H2,1-2H3,(H2,25,26)/t13?,16-,19?/m1/s1. The van der Waals surface area contributed by atoms with Crippen LogP contribution in [0.3, 0.4) is 0 Å². The molecule has 1 saturated carbocycles. The average Bonchev–Trinajstić information content (AvgIpc) is 3.00. The largest absolute Gasteiger partial charge is 0.461 e. The lowest BCUT2D eigenvalue weighted by Gasteiger charge is -2.40. The molecule has 166 valence electrons. The van der Waals surface area contributed by atoms with E-state index in [1.165, 1.54) is 19.2 Å². The van der Waals surface area contributed by atoms with Crippen LogP contribution in [0.25, 0.3) is 0 Å². The lowest BCUT2D eigenvalue weighted by molar-refractivity contribution is -0.253. The van der Waals surface area contributed by atoms with Gasteiger partial charge in [0.2, 0.25) is 6.41 Å². The summed E-state index contributed by atoms with van der Waals surface area (Å²) < 4.78 is 61.6. The highest BCUT2D eigenvalue weighted by atomic mass is 19.3. The molecule has 0 heterocycles. The van der Waals surface area contributed by atoms with Crippen LogP contribution < -0.4 is 10.5 Å². The summed E-state index contributed by atoms with van der Waals surface area (Å²) in [5.41, 5.74) is 7.10. The molecule has 2 N–H and O–H groups in total. The maximum Gasteiger partial charge on any atom is 0.461 e. The summed E-state index contributed by atoms with van der Waals surface area (Å²) in [6, 6.07) is 3.67. The molecule has 10 heteroatoms. The van der Waals surface area contributed by atoms with E-state index in [9.17, 15) is 22.4 Å². The number of hydrogen-bond acceptors (Lipinski definition) is 4. The van der Waals surface area contributed by atoms with Crippen LogP contribution in [0.5, 0.6) is 5.75 Å². The maximum atomic E-state index is 13.4. The minimum atomic E-state index is -4.60. The van der Waals surface area contributed by atoms with Crippen molar-refractivity contribution in [3.63, 3.8) is 0 Å². The summed E-state index contributed by atoms with van der Waals surface area (Å²) in [6.07, 6.45) is -4.15. The Labute approximate surface area is 172 Å². The van der Waals surface area contributed by atoms with Gasteiger partial charge in [-0.2, -0.15) is 17.6 Å². The normalized spacial score (nSPS) is 26.7. The number of amides is 1. The molecule has 1 aromatic carbocycles. The van der Waals surface area contributed by atoms with E-state index in [0.717, 1.165) is 36.1 Å². The summed E-state index contributed by atoms with van der Waals surface area (Å²) in [6.45, 7) is 0. The maximum absolute atomic E-state index is 13.4. The van der Waals surface area contributed by atoms with Crippen LogP contribution in [0, 0.1) is 5.41 Å². The SMILES string of the molecule is COC1CCC2(CC1)Cc1ccc(OC(F)(F)C(F)F)cc1[C@H]2N=C(N)N(C)C=O. The molecule has 0 unspecified atom stereocenters. The van der Waals surface area contributed by atoms with Gasteiger partial charge >= 0.3 is 12.5 Å². The molecular formula is C20H25F4N3O3. The number of carbonyl (C=O) groups is 1. The first-order chi connectivity index (χ1) is 14.1. The van der Waals surface area contributed by atoms with Crippen molar-refractivity contribution >= 4 is 12.4 Å². The van der Waals surface area contributed by atoms with Crippen molar-refractivity contribution < 1.29 is 31.8 Å². The number of hydrogen-bond donors (Lipinski definition) is 1. The summed E-state index contributed by atoms with van der Waals surface area (Å²) in [5.74, 6) is -0.385. The number of methoxy groups -OCH3 is 1. The molecule has 1 amide bonds. The van der Waals surface area contributed by atoms with Crippen molar-refractivity contribution in [1.82, 2.24) is 4.90 Å². The molecular weight excluding hydrogens is 406 g/mol. The number of fused-ring (bicyclic) bond motifs is 1. The van der Waals surface area contributed by atoms with E-state index >= 15 is 0 Å². The molecule has 0 radical (unpaired) electrons. The van der Waals surface area contributed by atoms with E-state index in [1.807, 2.05) is 0 Å². The topological polar surface area (TPSA) is 77.2 Å². The third-order valence-corrected chi connectivity index (χ3v) is 6.09. The first-order valence-electron chi connectivity index (χ1n) is 9.64. The number of nitrogens with two attached hydrogens (primary N) is 1. The molecule has 30 heavy (non-hydrogen) atoms. The number of carbonyl (C=O) groups excluding carboxylic acids is 1. The fourth-order valence-electron chi connectivity index (χ4n) is 4.40. The quantitative estimate of drug-likeness (QED) is 0.324. The zero-order valence-corrected chi connectivity index (χ0v) is 16.8. The molecule has 1 aromatic rings. The van der Waals surface area contributed by atoms with Gasteiger partial charge in [-0.05, 0) is 55.4 Å². The lowest BCUT2D eigenvalue weighted by atomic mass is 9.68. The van der Waals surface area contributed by atoms with Gasteiger partial charge in [0.1, 0.15) is 5.75 Å². The Hall–Kier alpha value is -2.36. The van der Waals surface area contributed by atoms with Crippen LogP contribution in [-0.2, 0) is 16.0 Å². The van der Waals surface area contributed by atoms with Crippen molar-refractivity contribution in [1.29, 1.82) is 0 Å². The van der Waals surface area contributed by atoms with Gasteiger partial charge in [-0.1, -0.05) is 6.07 Å². The second-order valence-electron chi connectivity index (χ2n) is 7.91. The fourth-order valence-corrected chi connectivity index (χ4v) is 4.40. The predicted octanol–water partition coefficient (Wildman–Crippen LogP) is 3.50. The van der Waals surface area contributed by atoms with Gasteiger partial charge in [0.15, 0.2) is 5.96 Å². The van der Waals surface area contributed by atoms with Crippen LogP contribution in [0.2, 0.25) is 0 Å². The Kier molecular flexibility index (Phi) is 6.26. The number of benzene rings is 1. The van der Waals surface area contributed by atoms with E-state index in [2.05, 4.69) is 9.73 Å². The summed E-state index contributed by atoms with van der Waals surface area (Å²) in [7, 11) is 3.12. The third kappa shape index (κ3) is 4.23. The second kappa shape index (κ2) is 8.41. The van der Waals surface area contributed by atoms with E-state index in [0.29, 0.717) is 18.4 Å². The van der Waals surface area contributed by atoms with Gasteiger partial charge in [0, 0.05) is 19.6 Å². The smallest absolute Gasteiger partial charge is 0.428 e. The first kappa shape index (κ1) is 22.3. The fraction of sp³-hybridized carbons (Fsp3) is 0.600. The van der Waals surface area contributed by atoms with Gasteiger partial charge in [0.05, 0.1) is 12.1 Å². The number of aliphatic imine (C=N–C) groups is 1. The van der Waals surface area contributed by atoms with Crippen LogP contribution in [0.4, 0.5) is 17.6 Å². The molecule has 1 atom stereocenters. The molecule has 2 aliphatic carbocycles. The number of rotatable bonds is 6. The molecule has 3 rings (SSSR count). The highest BCUT2D eigenvalue weighted by Crippen LogP contribution is 2.56. The van der Waals surface area contributed by atoms with E-state index in [-0.39, 0.29) is 23.2 Å². The van der Waals surface area contributed by atoms with E-state index in [1.54, 1.807) is 13.2 Å². The van der Waals surface area contributed by atoms with Crippen molar-refractivity contribution in [3.05, 3.63) is 29.3 Å². The molecule has 0 aromatic heterocycles. The van der Waals surface area contributed by atoms with Crippen molar-refractivity contribution in [2.24, 2.45) is 16.1 Å². The highest BCUT2D eigenvalue weighted by Gasteiger charge is 2.49. The van der Waals surface area contributed by atoms with Gasteiger partial charge in [0.25, 0.3) is 0 Å². The number of nitrogens with zero attached hydrogens (tertiary/aromatic N) is 2. The monoisotopic (exact) mass is 431 g/mol.